The van der Waals surface area contributed by atoms with Crippen molar-refractivity contribution < 1.29 is 19.1 Å². The third-order valence-corrected chi connectivity index (χ3v) is 1.89. The van der Waals surface area contributed by atoms with Gasteiger partial charge in [-0.05, 0) is 13.8 Å². The zero-order valence-electron chi connectivity index (χ0n) is 9.62. The van der Waals surface area contributed by atoms with E-state index in [2.05, 4.69) is 0 Å². The minimum absolute atomic E-state index is 0.0522. The summed E-state index contributed by atoms with van der Waals surface area (Å²) in [5.41, 5.74) is 0. The van der Waals surface area contributed by atoms with E-state index >= 15 is 0 Å². The number of ether oxygens (including phenoxy) is 2. The molecule has 5 nitrogen and oxygen atoms in total. The Labute approximate surface area is 90.3 Å². The quantitative estimate of drug-likeness (QED) is 0.580. The van der Waals surface area contributed by atoms with Crippen LogP contribution < -0.4 is 0 Å². The van der Waals surface area contributed by atoms with Crippen molar-refractivity contribution in [2.45, 2.75) is 20.3 Å². The van der Waals surface area contributed by atoms with Crippen LogP contribution in [0.25, 0.3) is 0 Å². The van der Waals surface area contributed by atoms with Crippen LogP contribution in [0.4, 0.5) is 0 Å². The lowest BCUT2D eigenvalue weighted by Crippen LogP contribution is -2.35. The van der Waals surface area contributed by atoms with Gasteiger partial charge in [-0.1, -0.05) is 0 Å². The van der Waals surface area contributed by atoms with Gasteiger partial charge in [0.05, 0.1) is 13.0 Å². The molecule has 0 radical (unpaired) electrons. The summed E-state index contributed by atoms with van der Waals surface area (Å²) in [5.74, 6) is -0.384. The summed E-state index contributed by atoms with van der Waals surface area (Å²) in [6, 6.07) is 0. The largest absolute Gasteiger partial charge is 0.466 e. The van der Waals surface area contributed by atoms with Crippen molar-refractivity contribution in [3.05, 3.63) is 0 Å². The molecule has 0 aliphatic heterocycles. The van der Waals surface area contributed by atoms with Crippen molar-refractivity contribution in [2.75, 3.05) is 33.4 Å². The maximum Gasteiger partial charge on any atom is 0.307 e. The van der Waals surface area contributed by atoms with E-state index in [4.69, 9.17) is 9.47 Å². The molecule has 1 amide bonds. The predicted molar refractivity (Wildman–Crippen MR) is 55.4 cm³/mol. The molecule has 0 fully saturated rings. The summed E-state index contributed by atoms with van der Waals surface area (Å²) in [7, 11) is 1.47. The minimum atomic E-state index is -0.277. The number of hydrogen-bond donors (Lipinski definition) is 0. The van der Waals surface area contributed by atoms with Gasteiger partial charge in [0, 0.05) is 20.2 Å². The molecule has 0 saturated carbocycles. The Hall–Kier alpha value is -1.10. The van der Waals surface area contributed by atoms with Gasteiger partial charge in [0.1, 0.15) is 6.61 Å². The Bertz CT molecular complexity index is 206. The molecule has 0 atom stereocenters. The van der Waals surface area contributed by atoms with Crippen LogP contribution >= 0.6 is 0 Å². The molecule has 0 spiro atoms. The smallest absolute Gasteiger partial charge is 0.307 e. The molecular formula is C10H19NO4. The Morgan fingerprint density at radius 2 is 1.93 bits per heavy atom. The van der Waals surface area contributed by atoms with Crippen molar-refractivity contribution in [3.63, 3.8) is 0 Å². The van der Waals surface area contributed by atoms with E-state index in [0.29, 0.717) is 19.7 Å². The van der Waals surface area contributed by atoms with Gasteiger partial charge in [0.25, 0.3) is 0 Å². The van der Waals surface area contributed by atoms with Crippen LogP contribution in [0.2, 0.25) is 0 Å². The lowest BCUT2D eigenvalue weighted by Gasteiger charge is -2.19. The van der Waals surface area contributed by atoms with Gasteiger partial charge in [-0.2, -0.15) is 0 Å². The molecule has 0 saturated heterocycles. The molecule has 0 aromatic rings. The summed E-state index contributed by atoms with van der Waals surface area (Å²) in [6.45, 7) is 5.00. The SMILES string of the molecule is CCOC(=O)CCN(CC)C(=O)COC. The van der Waals surface area contributed by atoms with Crippen LogP contribution in [0, 0.1) is 0 Å². The van der Waals surface area contributed by atoms with Crippen molar-refractivity contribution in [1.82, 2.24) is 4.90 Å². The number of esters is 1. The topological polar surface area (TPSA) is 55.8 Å². The molecule has 5 heteroatoms. The number of amides is 1. The predicted octanol–water partition coefficient (Wildman–Crippen LogP) is 0.435. The Balaban J connectivity index is 3.89. The summed E-state index contributed by atoms with van der Waals surface area (Å²) in [5, 5.41) is 0. The molecule has 0 bridgehead atoms. The van der Waals surface area contributed by atoms with E-state index in [1.54, 1.807) is 11.8 Å². The van der Waals surface area contributed by atoms with Crippen LogP contribution in [-0.2, 0) is 19.1 Å². The highest BCUT2D eigenvalue weighted by Crippen LogP contribution is 1.95. The average molecular weight is 217 g/mol. The Kier molecular flexibility index (Phi) is 7.62. The van der Waals surface area contributed by atoms with Crippen LogP contribution in [0.3, 0.4) is 0 Å². The second kappa shape index (κ2) is 8.23. The average Bonchev–Trinajstić information content (AvgIpc) is 2.19. The first-order chi connectivity index (χ1) is 7.15. The zero-order valence-corrected chi connectivity index (χ0v) is 9.62. The first-order valence-corrected chi connectivity index (χ1v) is 5.08. The second-order valence-corrected chi connectivity index (χ2v) is 2.96. The molecule has 88 valence electrons. The van der Waals surface area contributed by atoms with Gasteiger partial charge in [-0.25, -0.2) is 0 Å². The van der Waals surface area contributed by atoms with Crippen molar-refractivity contribution >= 4 is 11.9 Å². The van der Waals surface area contributed by atoms with E-state index in [1.165, 1.54) is 7.11 Å². The molecule has 15 heavy (non-hydrogen) atoms. The molecule has 0 heterocycles. The summed E-state index contributed by atoms with van der Waals surface area (Å²) in [6.07, 6.45) is 0.233. The lowest BCUT2D eigenvalue weighted by molar-refractivity contribution is -0.144. The number of methoxy groups -OCH3 is 1. The highest BCUT2D eigenvalue weighted by Gasteiger charge is 2.12. The normalized spacial score (nSPS) is 9.80. The number of carbonyl (C=O) groups is 2. The fourth-order valence-corrected chi connectivity index (χ4v) is 1.13. The first kappa shape index (κ1) is 13.9. The first-order valence-electron chi connectivity index (χ1n) is 5.08. The van der Waals surface area contributed by atoms with Crippen LogP contribution in [-0.4, -0.2) is 50.2 Å². The van der Waals surface area contributed by atoms with Crippen LogP contribution in [0.15, 0.2) is 0 Å². The third kappa shape index (κ3) is 6.06. The van der Waals surface area contributed by atoms with Gasteiger partial charge in [0.15, 0.2) is 0 Å². The number of likely N-dealkylation sites (N-methyl/N-ethyl adjacent to an activating group) is 1. The van der Waals surface area contributed by atoms with E-state index in [-0.39, 0.29) is 24.9 Å². The fraction of sp³-hybridized carbons (Fsp3) is 0.800. The maximum absolute atomic E-state index is 11.4. The molecular weight excluding hydrogens is 198 g/mol. The number of rotatable bonds is 7. The van der Waals surface area contributed by atoms with Gasteiger partial charge in [-0.15, -0.1) is 0 Å². The maximum atomic E-state index is 11.4. The minimum Gasteiger partial charge on any atom is -0.466 e. The Morgan fingerprint density at radius 3 is 2.40 bits per heavy atom. The lowest BCUT2D eigenvalue weighted by atomic mass is 10.3. The molecule has 0 aromatic heterocycles. The summed E-state index contributed by atoms with van der Waals surface area (Å²) >= 11 is 0. The van der Waals surface area contributed by atoms with E-state index in [9.17, 15) is 9.59 Å². The standard InChI is InChI=1S/C10H19NO4/c1-4-11(9(12)8-14-3)7-6-10(13)15-5-2/h4-8H2,1-3H3. The zero-order chi connectivity index (χ0) is 11.7. The van der Waals surface area contributed by atoms with Crippen molar-refractivity contribution in [3.8, 4) is 0 Å². The number of hydrogen-bond acceptors (Lipinski definition) is 4. The summed E-state index contributed by atoms with van der Waals surface area (Å²) < 4.78 is 9.50. The molecule has 0 N–H and O–H groups in total. The molecule has 0 aliphatic rings. The third-order valence-electron chi connectivity index (χ3n) is 1.89. The van der Waals surface area contributed by atoms with E-state index in [0.717, 1.165) is 0 Å². The molecule has 0 unspecified atom stereocenters. The molecule has 0 rings (SSSR count). The van der Waals surface area contributed by atoms with Gasteiger partial charge in [-0.3, -0.25) is 9.59 Å². The fourth-order valence-electron chi connectivity index (χ4n) is 1.13. The second-order valence-electron chi connectivity index (χ2n) is 2.96. The number of nitrogens with zero attached hydrogens (tertiary/aromatic N) is 1. The molecule has 0 aromatic carbocycles. The highest BCUT2D eigenvalue weighted by molar-refractivity contribution is 5.78. The van der Waals surface area contributed by atoms with Crippen molar-refractivity contribution in [2.24, 2.45) is 0 Å². The van der Waals surface area contributed by atoms with E-state index in [1.807, 2.05) is 6.92 Å². The Morgan fingerprint density at radius 1 is 1.27 bits per heavy atom. The summed E-state index contributed by atoms with van der Waals surface area (Å²) in [4.78, 5) is 24.0. The molecule has 0 aliphatic carbocycles. The van der Waals surface area contributed by atoms with Gasteiger partial charge < -0.3 is 14.4 Å². The number of carbonyl (C=O) groups excluding carboxylic acids is 2. The van der Waals surface area contributed by atoms with E-state index < -0.39 is 0 Å². The van der Waals surface area contributed by atoms with Gasteiger partial charge in [0.2, 0.25) is 5.91 Å². The van der Waals surface area contributed by atoms with Crippen LogP contribution in [0.5, 0.6) is 0 Å². The highest BCUT2D eigenvalue weighted by atomic mass is 16.5. The monoisotopic (exact) mass is 217 g/mol. The van der Waals surface area contributed by atoms with Crippen LogP contribution in [0.1, 0.15) is 20.3 Å². The van der Waals surface area contributed by atoms with Gasteiger partial charge >= 0.3 is 5.97 Å². The van der Waals surface area contributed by atoms with Crippen molar-refractivity contribution in [1.29, 1.82) is 0 Å².